The van der Waals surface area contributed by atoms with Crippen LogP contribution in [0.4, 0.5) is 46.5 Å². The number of unbranched alkanes of at least 4 members (excludes halogenated alkanes) is 40. The van der Waals surface area contributed by atoms with Crippen LogP contribution in [-0.2, 0) is 17.1 Å². The Bertz CT molecular complexity index is 3160. The fourth-order valence-corrected chi connectivity index (χ4v) is 15.5. The van der Waals surface area contributed by atoms with Crippen molar-refractivity contribution in [2.75, 3.05) is 74.1 Å². The Hall–Kier alpha value is -6.84. The second-order valence-corrected chi connectivity index (χ2v) is 32.2. The van der Waals surface area contributed by atoms with Gasteiger partial charge >= 0.3 is 17.1 Å². The Kier molecular flexibility index (Phi) is 43.9. The normalized spacial score (nSPS) is 12.0. The van der Waals surface area contributed by atoms with Crippen LogP contribution >= 0.6 is 0 Å². The number of aromatic amines is 2. The maximum Gasteiger partial charge on any atom is 2.00 e. The summed E-state index contributed by atoms with van der Waals surface area (Å²) in [4.78, 5) is 19.2. The first-order valence-corrected chi connectivity index (χ1v) is 46.1. The van der Waals surface area contributed by atoms with Crippen LogP contribution in [0, 0.1) is 0 Å². The number of nitrogens with one attached hydrogen (secondary N) is 6. The molecule has 0 saturated heterocycles. The first-order valence-electron chi connectivity index (χ1n) is 46.1. The van der Waals surface area contributed by atoms with Crippen molar-refractivity contribution in [1.82, 2.24) is 19.9 Å². The van der Waals surface area contributed by atoms with E-state index in [0.717, 1.165) is 192 Å². The number of fused-ring (bicyclic) bond motifs is 20. The van der Waals surface area contributed by atoms with Crippen molar-refractivity contribution >= 4 is 89.6 Å². The molecule has 113 heavy (non-hydrogen) atoms. The van der Waals surface area contributed by atoms with E-state index >= 15 is 0 Å². The minimum atomic E-state index is 0. The van der Waals surface area contributed by atoms with Crippen LogP contribution in [0.25, 0.3) is 43.1 Å². The third kappa shape index (κ3) is 30.0. The van der Waals surface area contributed by atoms with Gasteiger partial charge in [0.1, 0.15) is 0 Å². The van der Waals surface area contributed by atoms with Gasteiger partial charge in [-0.2, -0.15) is 0 Å². The van der Waals surface area contributed by atoms with Crippen LogP contribution in [0.2, 0.25) is 0 Å². The molecule has 16 nitrogen and oxygen atoms in total. The van der Waals surface area contributed by atoms with Gasteiger partial charge in [-0.25, -0.2) is 0 Å². The fourth-order valence-electron chi connectivity index (χ4n) is 15.5. The number of H-pyrrole nitrogens is 2. The Balaban J connectivity index is 0.0000160. The van der Waals surface area contributed by atoms with E-state index in [-0.39, 0.29) is 17.1 Å². The minimum absolute atomic E-state index is 0. The molecule has 4 aromatic heterocycles. The van der Waals surface area contributed by atoms with Crippen molar-refractivity contribution in [2.45, 2.75) is 364 Å². The molecule has 1 radical (unpaired) electrons. The Morgan fingerprint density at radius 2 is 0.319 bits per heavy atom. The molecule has 5 heterocycles. The summed E-state index contributed by atoms with van der Waals surface area (Å²) in [6, 6.07) is 17.3. The van der Waals surface area contributed by atoms with Gasteiger partial charge in [0.05, 0.1) is 76.1 Å². The summed E-state index contributed by atoms with van der Waals surface area (Å²) in [7, 11) is 0. The number of ether oxygens (including phenoxy) is 8. The van der Waals surface area contributed by atoms with E-state index in [4.69, 9.17) is 47.9 Å². The maximum atomic E-state index is 6.94. The average Bonchev–Trinajstić information content (AvgIpc) is 1.62. The van der Waals surface area contributed by atoms with E-state index in [1.807, 2.05) is 0 Å². The van der Waals surface area contributed by atoms with Crippen LogP contribution in [0.5, 0.6) is 46.0 Å². The van der Waals surface area contributed by atoms with E-state index in [1.165, 1.54) is 205 Å². The number of benzene rings is 4. The summed E-state index contributed by atoms with van der Waals surface area (Å²) in [5, 5.41) is 23.0. The van der Waals surface area contributed by atoms with Gasteiger partial charge in [-0.15, -0.1) is 0 Å². The second-order valence-electron chi connectivity index (χ2n) is 32.2. The van der Waals surface area contributed by atoms with Crippen LogP contribution in [-0.4, -0.2) is 62.8 Å². The predicted octanol–water partition coefficient (Wildman–Crippen LogP) is 30.1. The molecule has 9 rings (SSSR count). The van der Waals surface area contributed by atoms with Crippen molar-refractivity contribution in [2.24, 2.45) is 0 Å². The molecule has 8 bridgehead atoms. The summed E-state index contributed by atoms with van der Waals surface area (Å²) >= 11 is 0. The third-order valence-corrected chi connectivity index (χ3v) is 22.4. The largest absolute Gasteiger partial charge is 2.00 e. The molecule has 8 aromatic rings. The average molecular weight is 1610 g/mol. The SMILES string of the molecule is CCCCCCCCOc1cc2c3[n-]c(c2cc1OCCCCCCCC)Nc1[nH]c(c2cc(OCCCCCCCC)c(OCCCCCCCC)cc12)Nc1[n-]c(c2cc(OCCCCCCCC)c(OCCCCCCCC)cc12)Nc1[nH]c(c2cc(OCCCCCCCC)c(OCCCCCCCC)cc12)N3.[Cu+2]. The monoisotopic (exact) mass is 1610 g/mol. The van der Waals surface area contributed by atoms with Gasteiger partial charge in [0.25, 0.3) is 0 Å². The molecule has 0 atom stereocenters. The van der Waals surface area contributed by atoms with Gasteiger partial charge in [-0.05, 0) is 121 Å². The van der Waals surface area contributed by atoms with Gasteiger partial charge in [0.15, 0.2) is 46.0 Å². The van der Waals surface area contributed by atoms with Crippen LogP contribution in [0.3, 0.4) is 0 Å². The molecule has 0 aliphatic carbocycles. The molecule has 1 aliphatic heterocycles. The Morgan fingerprint density at radius 1 is 0.186 bits per heavy atom. The standard InChI is InChI=1S/C96H150N8O8.Cu/c1-9-17-25-33-41-49-57-105-81-65-73-74(66-82(81)106-58-50-42-34-26-18-10-2)90-97-89(73)101-91-75-67-83(107-59-51-43-35-27-19-11-3)84(108-60-52-44-36-28-20-12-4)68-76(75)93(98-91)103-95-79-71-87(111-63-55-47-39-31-23-15-7)88(112-64-56-48-40-32-24-16-8)72-80(79)96(100-95)104-94-78-70-86(110-62-54-46-38-30-22-14-6)85(69-77(78)92(99-94)102-90)109-61-53-45-37-29-21-13-5;/h65-72,97,100-104H,9-64H2,1-8H3;/q-2;+2. The van der Waals surface area contributed by atoms with Crippen molar-refractivity contribution < 1.29 is 55.0 Å². The first-order chi connectivity index (χ1) is 55.3. The van der Waals surface area contributed by atoms with Gasteiger partial charge in [0, 0.05) is 44.8 Å². The van der Waals surface area contributed by atoms with Gasteiger partial charge < -0.3 is 79.1 Å². The predicted molar refractivity (Wildman–Crippen MR) is 475 cm³/mol. The summed E-state index contributed by atoms with van der Waals surface area (Å²) in [5.41, 5.74) is 0. The number of hydrogen-bond donors (Lipinski definition) is 6. The molecular weight excluding hydrogens is 1460 g/mol. The van der Waals surface area contributed by atoms with E-state index in [2.05, 4.69) is 135 Å². The summed E-state index contributed by atoms with van der Waals surface area (Å²) in [6.45, 7) is 22.9. The molecule has 633 valence electrons. The first kappa shape index (κ1) is 91.7. The molecule has 1 aliphatic rings. The third-order valence-electron chi connectivity index (χ3n) is 22.4. The molecule has 0 spiro atoms. The Labute approximate surface area is 692 Å². The number of nitrogens with zero attached hydrogens (tertiary/aromatic N) is 2. The number of anilines is 8. The smallest absolute Gasteiger partial charge is 0.490 e. The quantitative estimate of drug-likeness (QED) is 0.0156. The molecule has 0 fully saturated rings. The molecule has 17 heteroatoms. The van der Waals surface area contributed by atoms with E-state index < -0.39 is 0 Å². The molecule has 0 amide bonds. The molecule has 6 N–H and O–H groups in total. The topological polar surface area (TPSA) is 182 Å². The zero-order valence-electron chi connectivity index (χ0n) is 71.7. The fraction of sp³-hybridized carbons (Fsp3) is 0.667. The van der Waals surface area contributed by atoms with Gasteiger partial charge in [-0.1, -0.05) is 312 Å². The Morgan fingerprint density at radius 3 is 0.469 bits per heavy atom. The molecule has 0 saturated carbocycles. The van der Waals surface area contributed by atoms with Crippen molar-refractivity contribution in [3.05, 3.63) is 48.5 Å². The minimum Gasteiger partial charge on any atom is -0.490 e. The van der Waals surface area contributed by atoms with Gasteiger partial charge in [-0.3, -0.25) is 0 Å². The molecular formula is C96H150CuN8O8. The van der Waals surface area contributed by atoms with Crippen LogP contribution < -0.4 is 69.1 Å². The maximum absolute atomic E-state index is 6.94. The van der Waals surface area contributed by atoms with Crippen molar-refractivity contribution in [1.29, 1.82) is 0 Å². The van der Waals surface area contributed by atoms with E-state index in [1.54, 1.807) is 0 Å². The van der Waals surface area contributed by atoms with Crippen LogP contribution in [0.15, 0.2) is 48.5 Å². The summed E-state index contributed by atoms with van der Waals surface area (Å²) in [5.74, 6) is 11.2. The second kappa shape index (κ2) is 54.1. The summed E-state index contributed by atoms with van der Waals surface area (Å²) < 4.78 is 55.5. The zero-order chi connectivity index (χ0) is 78.4. The molecule has 0 unspecified atom stereocenters. The van der Waals surface area contributed by atoms with E-state index in [9.17, 15) is 0 Å². The number of aromatic nitrogens is 4. The summed E-state index contributed by atoms with van der Waals surface area (Å²) in [6.07, 6.45) is 55.8. The van der Waals surface area contributed by atoms with Crippen molar-refractivity contribution in [3.63, 3.8) is 0 Å². The van der Waals surface area contributed by atoms with Crippen molar-refractivity contribution in [3.8, 4) is 46.0 Å². The van der Waals surface area contributed by atoms with Gasteiger partial charge in [0.2, 0.25) is 0 Å². The van der Waals surface area contributed by atoms with E-state index in [0.29, 0.717) is 99.1 Å². The van der Waals surface area contributed by atoms with Crippen LogP contribution in [0.1, 0.15) is 364 Å². The number of rotatable bonds is 64. The number of hydrogen-bond acceptors (Lipinski definition) is 12. The molecule has 4 aromatic carbocycles. The zero-order valence-corrected chi connectivity index (χ0v) is 72.6.